The zero-order chi connectivity index (χ0) is 23.0. The molecule has 0 bridgehead atoms. The Balaban J connectivity index is 1.39. The highest BCUT2D eigenvalue weighted by atomic mass is 35.5. The van der Waals surface area contributed by atoms with Crippen molar-refractivity contribution >= 4 is 17.5 Å². The van der Waals surface area contributed by atoms with Gasteiger partial charge < -0.3 is 10.5 Å². The summed E-state index contributed by atoms with van der Waals surface area (Å²) in [6.07, 6.45) is -0.739. The van der Waals surface area contributed by atoms with Crippen LogP contribution in [0.4, 0.5) is 17.6 Å². The number of carbonyl (C=O) groups excluding carboxylic acids is 1. The van der Waals surface area contributed by atoms with E-state index in [-0.39, 0.29) is 17.5 Å². The number of nitrogens with two attached hydrogens (primary N) is 1. The Morgan fingerprint density at radius 1 is 1.19 bits per heavy atom. The second-order valence-corrected chi connectivity index (χ2v) is 8.67. The van der Waals surface area contributed by atoms with Gasteiger partial charge in [-0.05, 0) is 54.9 Å². The first-order chi connectivity index (χ1) is 15.1. The second kappa shape index (κ2) is 8.86. The number of primary amides is 1. The molecule has 2 aliphatic rings. The average molecular weight is 472 g/mol. The Morgan fingerprint density at radius 2 is 1.88 bits per heavy atom. The second-order valence-electron chi connectivity index (χ2n) is 8.26. The first kappa shape index (κ1) is 22.8. The maximum Gasteiger partial charge on any atom is 0.418 e. The topological polar surface area (TPSA) is 68.5 Å². The van der Waals surface area contributed by atoms with Crippen molar-refractivity contribution in [3.8, 4) is 5.88 Å². The van der Waals surface area contributed by atoms with Crippen LogP contribution >= 0.6 is 11.6 Å². The van der Waals surface area contributed by atoms with Gasteiger partial charge in [0.05, 0.1) is 22.3 Å². The summed E-state index contributed by atoms with van der Waals surface area (Å²) in [7, 11) is 0. The lowest BCUT2D eigenvalue weighted by Gasteiger charge is -2.32. The predicted octanol–water partition coefficient (Wildman–Crippen LogP) is 4.91. The molecular weight excluding hydrogens is 450 g/mol. The summed E-state index contributed by atoms with van der Waals surface area (Å²) in [5.74, 6) is -1.19. The molecule has 2 fully saturated rings. The van der Waals surface area contributed by atoms with Gasteiger partial charge in [0.15, 0.2) is 0 Å². The van der Waals surface area contributed by atoms with Crippen molar-refractivity contribution < 1.29 is 27.1 Å². The first-order valence-corrected chi connectivity index (χ1v) is 10.7. The van der Waals surface area contributed by atoms with Gasteiger partial charge in [-0.1, -0.05) is 11.6 Å². The van der Waals surface area contributed by atoms with Gasteiger partial charge in [-0.3, -0.25) is 9.69 Å². The van der Waals surface area contributed by atoms with E-state index >= 15 is 0 Å². The van der Waals surface area contributed by atoms with E-state index in [1.807, 2.05) is 0 Å². The van der Waals surface area contributed by atoms with E-state index in [4.69, 9.17) is 22.1 Å². The van der Waals surface area contributed by atoms with Crippen molar-refractivity contribution in [1.29, 1.82) is 0 Å². The van der Waals surface area contributed by atoms with E-state index < -0.39 is 28.5 Å². The molecule has 1 aromatic carbocycles. The summed E-state index contributed by atoms with van der Waals surface area (Å²) in [6, 6.07) is 3.79. The predicted molar refractivity (Wildman–Crippen MR) is 110 cm³/mol. The summed E-state index contributed by atoms with van der Waals surface area (Å²) < 4.78 is 59.1. The number of likely N-dealkylation sites (tertiary alicyclic amines) is 1. The molecule has 1 aliphatic carbocycles. The van der Waals surface area contributed by atoms with Crippen LogP contribution in [-0.2, 0) is 12.7 Å². The van der Waals surface area contributed by atoms with Gasteiger partial charge in [-0.25, -0.2) is 9.37 Å². The van der Waals surface area contributed by atoms with Gasteiger partial charge in [0.2, 0.25) is 5.88 Å². The number of amides is 1. The summed E-state index contributed by atoms with van der Waals surface area (Å²) >= 11 is 5.60. The number of pyridine rings is 1. The monoisotopic (exact) mass is 471 g/mol. The molecule has 1 saturated carbocycles. The average Bonchev–Trinajstić information content (AvgIpc) is 3.55. The SMILES string of the molecule is NC(=O)c1cc(C2CC2)c(CN2CCC(Oc3cc(C(F)(F)F)c(Cl)cn3)CC2)cc1F. The van der Waals surface area contributed by atoms with Gasteiger partial charge >= 0.3 is 6.18 Å². The molecule has 32 heavy (non-hydrogen) atoms. The smallest absolute Gasteiger partial charge is 0.418 e. The van der Waals surface area contributed by atoms with E-state index in [1.165, 1.54) is 6.07 Å². The Hall–Kier alpha value is -2.39. The third-order valence-corrected chi connectivity index (χ3v) is 6.16. The molecule has 0 spiro atoms. The van der Waals surface area contributed by atoms with Crippen molar-refractivity contribution in [3.63, 3.8) is 0 Å². The van der Waals surface area contributed by atoms with Crippen LogP contribution in [0, 0.1) is 5.82 Å². The highest BCUT2D eigenvalue weighted by Gasteiger charge is 2.34. The fourth-order valence-electron chi connectivity index (χ4n) is 4.03. The minimum absolute atomic E-state index is 0.0866. The molecule has 172 valence electrons. The molecule has 1 amide bonds. The fourth-order valence-corrected chi connectivity index (χ4v) is 4.24. The molecule has 2 N–H and O–H groups in total. The lowest BCUT2D eigenvalue weighted by molar-refractivity contribution is -0.137. The molecule has 10 heteroatoms. The Morgan fingerprint density at radius 3 is 2.47 bits per heavy atom. The van der Waals surface area contributed by atoms with Gasteiger partial charge in [-0.15, -0.1) is 0 Å². The third-order valence-electron chi connectivity index (χ3n) is 5.86. The zero-order valence-electron chi connectivity index (χ0n) is 17.1. The minimum Gasteiger partial charge on any atom is -0.474 e. The summed E-state index contributed by atoms with van der Waals surface area (Å²) in [6.45, 7) is 1.79. The van der Waals surface area contributed by atoms with E-state index in [0.717, 1.165) is 36.2 Å². The molecule has 1 aromatic heterocycles. The van der Waals surface area contributed by atoms with Crippen LogP contribution in [0.3, 0.4) is 0 Å². The number of rotatable bonds is 6. The van der Waals surface area contributed by atoms with Crippen LogP contribution in [0.1, 0.15) is 58.6 Å². The lowest BCUT2D eigenvalue weighted by atomic mass is 9.97. The maximum atomic E-state index is 14.3. The van der Waals surface area contributed by atoms with Crippen LogP contribution in [0.25, 0.3) is 0 Å². The molecular formula is C22H22ClF4N3O2. The van der Waals surface area contributed by atoms with E-state index in [1.54, 1.807) is 6.07 Å². The number of nitrogens with zero attached hydrogens (tertiary/aromatic N) is 2. The standard InChI is InChI=1S/C22H22ClF4N3O2/c23-18-10-29-20(9-17(18)22(25,26)27)32-14-3-5-30(6-4-14)11-13-7-19(24)16(21(28)31)8-15(13)12-1-2-12/h7-10,12,14H,1-6,11H2,(H2,28,31). The minimum atomic E-state index is -4.58. The van der Waals surface area contributed by atoms with Gasteiger partial charge in [0.25, 0.3) is 5.91 Å². The highest BCUT2D eigenvalue weighted by Crippen LogP contribution is 2.43. The van der Waals surface area contributed by atoms with Gasteiger partial charge in [-0.2, -0.15) is 13.2 Å². The number of ether oxygens (including phenoxy) is 1. The van der Waals surface area contributed by atoms with Crippen molar-refractivity contribution in [1.82, 2.24) is 9.88 Å². The van der Waals surface area contributed by atoms with Crippen molar-refractivity contribution in [2.75, 3.05) is 13.1 Å². The number of benzene rings is 1. The molecule has 0 atom stereocenters. The number of aromatic nitrogens is 1. The number of carbonyl (C=O) groups is 1. The number of halogens is 5. The summed E-state index contributed by atoms with van der Waals surface area (Å²) in [5, 5.41) is -0.472. The number of hydrogen-bond acceptors (Lipinski definition) is 4. The third kappa shape index (κ3) is 5.15. The quantitative estimate of drug-likeness (QED) is 0.608. The zero-order valence-corrected chi connectivity index (χ0v) is 17.8. The number of piperidine rings is 1. The van der Waals surface area contributed by atoms with Crippen LogP contribution in [-0.4, -0.2) is 35.0 Å². The molecule has 1 saturated heterocycles. The van der Waals surface area contributed by atoms with Gasteiger partial charge in [0.1, 0.15) is 11.9 Å². The highest BCUT2D eigenvalue weighted by molar-refractivity contribution is 6.31. The molecule has 4 rings (SSSR count). The molecule has 5 nitrogen and oxygen atoms in total. The van der Waals surface area contributed by atoms with Gasteiger partial charge in [0, 0.05) is 25.7 Å². The van der Waals surface area contributed by atoms with Crippen molar-refractivity contribution in [2.24, 2.45) is 5.73 Å². The summed E-state index contributed by atoms with van der Waals surface area (Å²) in [4.78, 5) is 17.5. The Bertz CT molecular complexity index is 1020. The first-order valence-electron chi connectivity index (χ1n) is 10.4. The number of alkyl halides is 3. The van der Waals surface area contributed by atoms with Crippen molar-refractivity contribution in [2.45, 2.75) is 50.4 Å². The molecule has 0 unspecified atom stereocenters. The van der Waals surface area contributed by atoms with Crippen LogP contribution in [0.2, 0.25) is 5.02 Å². The molecule has 0 radical (unpaired) electrons. The summed E-state index contributed by atoms with van der Waals surface area (Å²) in [5.41, 5.74) is 6.02. The molecule has 2 heterocycles. The molecule has 2 aromatic rings. The van der Waals surface area contributed by atoms with Crippen LogP contribution in [0.15, 0.2) is 24.4 Å². The maximum absolute atomic E-state index is 14.3. The van der Waals surface area contributed by atoms with E-state index in [0.29, 0.717) is 38.4 Å². The van der Waals surface area contributed by atoms with Crippen molar-refractivity contribution in [3.05, 3.63) is 57.5 Å². The van der Waals surface area contributed by atoms with Crippen LogP contribution < -0.4 is 10.5 Å². The van der Waals surface area contributed by atoms with E-state index in [2.05, 4.69) is 9.88 Å². The normalized spacial score (nSPS) is 18.0. The Labute approximate surface area is 187 Å². The molecule has 1 aliphatic heterocycles. The largest absolute Gasteiger partial charge is 0.474 e. The lowest BCUT2D eigenvalue weighted by Crippen LogP contribution is -2.38. The van der Waals surface area contributed by atoms with E-state index in [9.17, 15) is 22.4 Å². The fraction of sp³-hybridized carbons (Fsp3) is 0.455. The number of hydrogen-bond donors (Lipinski definition) is 1. The Kier molecular flexibility index (Phi) is 6.31. The van der Waals surface area contributed by atoms with Crippen LogP contribution in [0.5, 0.6) is 5.88 Å².